The molecule has 0 amide bonds. The molecule has 0 aliphatic carbocycles. The summed E-state index contributed by atoms with van der Waals surface area (Å²) in [5, 5.41) is 3.09. The van der Waals surface area contributed by atoms with Crippen LogP contribution in [0.15, 0.2) is 12.4 Å². The highest BCUT2D eigenvalue weighted by Gasteiger charge is 2.20. The van der Waals surface area contributed by atoms with E-state index in [4.69, 9.17) is 0 Å². The molecule has 0 radical (unpaired) electrons. The lowest BCUT2D eigenvalue weighted by atomic mass is 10.2. The third-order valence-corrected chi connectivity index (χ3v) is 2.78. The second-order valence-electron chi connectivity index (χ2n) is 4.26. The summed E-state index contributed by atoms with van der Waals surface area (Å²) < 4.78 is 0. The highest BCUT2D eigenvalue weighted by molar-refractivity contribution is 5.31. The summed E-state index contributed by atoms with van der Waals surface area (Å²) in [5.41, 5.74) is 1.13. The molecule has 2 rings (SSSR count). The summed E-state index contributed by atoms with van der Waals surface area (Å²) in [6, 6.07) is 0. The lowest BCUT2D eigenvalue weighted by molar-refractivity contribution is 0.658. The zero-order chi connectivity index (χ0) is 10.7. The number of nitrogens with zero attached hydrogens (tertiary/aromatic N) is 3. The van der Waals surface area contributed by atoms with Crippen molar-refractivity contribution in [1.29, 1.82) is 0 Å². The zero-order valence-corrected chi connectivity index (χ0v) is 9.40. The lowest BCUT2D eigenvalue weighted by Gasteiger charge is -2.15. The summed E-state index contributed by atoms with van der Waals surface area (Å²) in [4.78, 5) is 11.0. The van der Waals surface area contributed by atoms with Crippen LogP contribution < -0.4 is 10.2 Å². The lowest BCUT2D eigenvalue weighted by Crippen LogP contribution is -2.21. The monoisotopic (exact) mass is 206 g/mol. The average Bonchev–Trinajstić information content (AvgIpc) is 2.67. The maximum atomic E-state index is 4.39. The number of nitrogens with one attached hydrogen (secondary N) is 1. The van der Waals surface area contributed by atoms with Crippen LogP contribution >= 0.6 is 0 Å². The van der Waals surface area contributed by atoms with E-state index in [9.17, 15) is 0 Å². The quantitative estimate of drug-likeness (QED) is 0.802. The number of rotatable bonds is 3. The van der Waals surface area contributed by atoms with Crippen LogP contribution in [-0.4, -0.2) is 30.1 Å². The van der Waals surface area contributed by atoms with Crippen LogP contribution in [0.4, 0.5) is 5.95 Å². The van der Waals surface area contributed by atoms with Gasteiger partial charge in [0, 0.05) is 37.6 Å². The van der Waals surface area contributed by atoms with Crippen LogP contribution in [0.5, 0.6) is 0 Å². The smallest absolute Gasteiger partial charge is 0.225 e. The van der Waals surface area contributed by atoms with Gasteiger partial charge in [0.25, 0.3) is 0 Å². The van der Waals surface area contributed by atoms with Gasteiger partial charge in [-0.2, -0.15) is 0 Å². The molecule has 4 heteroatoms. The standard InChI is InChI=1S/C11H18N4/c1-9-3-4-15(8-9)11-13-6-10(5-12-2)7-14-11/h6-7,9,12H,3-5,8H2,1-2H3. The van der Waals surface area contributed by atoms with Gasteiger partial charge >= 0.3 is 0 Å². The van der Waals surface area contributed by atoms with E-state index in [1.54, 1.807) is 0 Å². The van der Waals surface area contributed by atoms with E-state index in [0.29, 0.717) is 0 Å². The minimum atomic E-state index is 0.769. The van der Waals surface area contributed by atoms with E-state index in [1.807, 2.05) is 19.4 Å². The van der Waals surface area contributed by atoms with Gasteiger partial charge in [0.05, 0.1) is 0 Å². The van der Waals surface area contributed by atoms with Crippen LogP contribution in [-0.2, 0) is 6.54 Å². The van der Waals surface area contributed by atoms with Gasteiger partial charge in [-0.25, -0.2) is 9.97 Å². The Balaban J connectivity index is 2.03. The first kappa shape index (κ1) is 10.4. The van der Waals surface area contributed by atoms with E-state index in [-0.39, 0.29) is 0 Å². The average molecular weight is 206 g/mol. The number of hydrogen-bond donors (Lipinski definition) is 1. The second-order valence-corrected chi connectivity index (χ2v) is 4.26. The predicted molar refractivity (Wildman–Crippen MR) is 60.8 cm³/mol. The van der Waals surface area contributed by atoms with Crippen LogP contribution in [0.2, 0.25) is 0 Å². The largest absolute Gasteiger partial charge is 0.341 e. The maximum Gasteiger partial charge on any atom is 0.225 e. The third-order valence-electron chi connectivity index (χ3n) is 2.78. The van der Waals surface area contributed by atoms with Gasteiger partial charge in [-0.15, -0.1) is 0 Å². The molecule has 2 heterocycles. The topological polar surface area (TPSA) is 41.1 Å². The van der Waals surface area contributed by atoms with Crippen molar-refractivity contribution in [3.8, 4) is 0 Å². The van der Waals surface area contributed by atoms with Crippen molar-refractivity contribution < 1.29 is 0 Å². The fourth-order valence-electron chi connectivity index (χ4n) is 1.92. The van der Waals surface area contributed by atoms with Gasteiger partial charge in [-0.1, -0.05) is 6.92 Å². The Kier molecular flexibility index (Phi) is 3.16. The Labute approximate surface area is 90.7 Å². The molecule has 1 aromatic heterocycles. The van der Waals surface area contributed by atoms with E-state index in [0.717, 1.165) is 37.1 Å². The normalized spacial score (nSPS) is 20.9. The summed E-state index contributed by atoms with van der Waals surface area (Å²) in [6.45, 7) is 5.28. The first-order valence-corrected chi connectivity index (χ1v) is 5.50. The number of anilines is 1. The predicted octanol–water partition coefficient (Wildman–Crippen LogP) is 1.04. The fourth-order valence-corrected chi connectivity index (χ4v) is 1.92. The Morgan fingerprint density at radius 1 is 1.47 bits per heavy atom. The van der Waals surface area contributed by atoms with Crippen LogP contribution in [0.1, 0.15) is 18.9 Å². The van der Waals surface area contributed by atoms with E-state index < -0.39 is 0 Å². The molecule has 82 valence electrons. The molecular weight excluding hydrogens is 188 g/mol. The van der Waals surface area contributed by atoms with Crippen molar-refractivity contribution in [3.05, 3.63) is 18.0 Å². The number of hydrogen-bond acceptors (Lipinski definition) is 4. The number of aromatic nitrogens is 2. The Bertz CT molecular complexity index is 309. The summed E-state index contributed by atoms with van der Waals surface area (Å²) in [6.07, 6.45) is 5.06. The Morgan fingerprint density at radius 2 is 2.20 bits per heavy atom. The van der Waals surface area contributed by atoms with Gasteiger partial charge in [0.1, 0.15) is 0 Å². The molecule has 1 atom stereocenters. The minimum absolute atomic E-state index is 0.769. The molecule has 1 unspecified atom stereocenters. The van der Waals surface area contributed by atoms with Gasteiger partial charge in [0.2, 0.25) is 5.95 Å². The van der Waals surface area contributed by atoms with Crippen LogP contribution in [0.3, 0.4) is 0 Å². The molecule has 0 aromatic carbocycles. The van der Waals surface area contributed by atoms with E-state index in [1.165, 1.54) is 6.42 Å². The molecule has 1 saturated heterocycles. The summed E-state index contributed by atoms with van der Waals surface area (Å²) in [7, 11) is 1.93. The van der Waals surface area contributed by atoms with Gasteiger partial charge in [-0.05, 0) is 19.4 Å². The van der Waals surface area contributed by atoms with Gasteiger partial charge in [-0.3, -0.25) is 0 Å². The SMILES string of the molecule is CNCc1cnc(N2CCC(C)C2)nc1. The summed E-state index contributed by atoms with van der Waals surface area (Å²) in [5.74, 6) is 1.64. The summed E-state index contributed by atoms with van der Waals surface area (Å²) >= 11 is 0. The van der Waals surface area contributed by atoms with Gasteiger partial charge < -0.3 is 10.2 Å². The van der Waals surface area contributed by atoms with Crippen molar-refractivity contribution in [2.24, 2.45) is 5.92 Å². The zero-order valence-electron chi connectivity index (χ0n) is 9.40. The maximum absolute atomic E-state index is 4.39. The molecule has 0 bridgehead atoms. The minimum Gasteiger partial charge on any atom is -0.341 e. The second kappa shape index (κ2) is 4.57. The molecule has 0 saturated carbocycles. The molecule has 0 spiro atoms. The molecule has 15 heavy (non-hydrogen) atoms. The molecule has 1 aliphatic heterocycles. The van der Waals surface area contributed by atoms with Crippen LogP contribution in [0, 0.1) is 5.92 Å². The van der Waals surface area contributed by atoms with Crippen molar-refractivity contribution >= 4 is 5.95 Å². The van der Waals surface area contributed by atoms with Crippen molar-refractivity contribution in [2.45, 2.75) is 19.9 Å². The van der Waals surface area contributed by atoms with Gasteiger partial charge in [0.15, 0.2) is 0 Å². The van der Waals surface area contributed by atoms with Crippen molar-refractivity contribution in [3.63, 3.8) is 0 Å². The van der Waals surface area contributed by atoms with Crippen molar-refractivity contribution in [2.75, 3.05) is 25.0 Å². The molecular formula is C11H18N4. The molecule has 1 N–H and O–H groups in total. The molecule has 1 fully saturated rings. The third kappa shape index (κ3) is 2.45. The molecule has 4 nitrogen and oxygen atoms in total. The first-order chi connectivity index (χ1) is 7.29. The van der Waals surface area contributed by atoms with Crippen LogP contribution in [0.25, 0.3) is 0 Å². The molecule has 1 aromatic rings. The molecule has 1 aliphatic rings. The Morgan fingerprint density at radius 3 is 2.73 bits per heavy atom. The van der Waals surface area contributed by atoms with Crippen molar-refractivity contribution in [1.82, 2.24) is 15.3 Å². The first-order valence-electron chi connectivity index (χ1n) is 5.50. The fraction of sp³-hybridized carbons (Fsp3) is 0.636. The highest BCUT2D eigenvalue weighted by atomic mass is 15.3. The highest BCUT2D eigenvalue weighted by Crippen LogP contribution is 2.19. The van der Waals surface area contributed by atoms with E-state index in [2.05, 4.69) is 27.1 Å². The Hall–Kier alpha value is -1.16. The van der Waals surface area contributed by atoms with E-state index >= 15 is 0 Å².